The second-order valence-electron chi connectivity index (χ2n) is 5.91. The Morgan fingerprint density at radius 2 is 1.74 bits per heavy atom. The minimum Gasteiger partial charge on any atom is -0.355 e. The maximum absolute atomic E-state index is 13.1. The average molecular weight is 361 g/mol. The van der Waals surface area contributed by atoms with Crippen molar-refractivity contribution in [3.8, 4) is 0 Å². The molecule has 0 saturated carbocycles. The molecule has 4 aromatic rings. The van der Waals surface area contributed by atoms with Crippen LogP contribution in [-0.2, 0) is 6.54 Å². The highest BCUT2D eigenvalue weighted by Crippen LogP contribution is 2.21. The number of rotatable bonds is 5. The fourth-order valence-electron chi connectivity index (χ4n) is 2.74. The number of pyridine rings is 1. The average Bonchev–Trinajstić information content (AvgIpc) is 3.11. The highest BCUT2D eigenvalue weighted by molar-refractivity contribution is 6.00. The van der Waals surface area contributed by atoms with Crippen LogP contribution in [0.4, 0.5) is 15.8 Å². The van der Waals surface area contributed by atoms with Gasteiger partial charge in [0.05, 0.1) is 17.8 Å². The topological polar surface area (TPSA) is 71.3 Å². The number of fused-ring (bicyclic) bond motifs is 1. The fourth-order valence-corrected chi connectivity index (χ4v) is 2.74. The Morgan fingerprint density at radius 3 is 2.59 bits per heavy atom. The van der Waals surface area contributed by atoms with Crippen molar-refractivity contribution in [2.45, 2.75) is 6.54 Å². The van der Waals surface area contributed by atoms with Gasteiger partial charge in [-0.2, -0.15) is 0 Å². The zero-order valence-electron chi connectivity index (χ0n) is 14.3. The fraction of sp³-hybridized carbons (Fsp3) is 0.0500. The number of amides is 1. The number of para-hydroxylation sites is 1. The number of aromatic nitrogens is 3. The Bertz CT molecular complexity index is 1090. The third-order valence-electron chi connectivity index (χ3n) is 4.09. The van der Waals surface area contributed by atoms with Crippen molar-refractivity contribution >= 4 is 22.9 Å². The molecule has 2 aromatic heterocycles. The summed E-state index contributed by atoms with van der Waals surface area (Å²) in [5, 5.41) is 14.2. The summed E-state index contributed by atoms with van der Waals surface area (Å²) in [4.78, 5) is 12.7. The van der Waals surface area contributed by atoms with Crippen LogP contribution in [0.15, 0.2) is 72.9 Å². The van der Waals surface area contributed by atoms with E-state index in [1.165, 1.54) is 12.1 Å². The van der Waals surface area contributed by atoms with E-state index in [0.717, 1.165) is 5.65 Å². The van der Waals surface area contributed by atoms with Gasteiger partial charge in [-0.25, -0.2) is 4.39 Å². The second-order valence-corrected chi connectivity index (χ2v) is 5.91. The Hall–Kier alpha value is -3.74. The van der Waals surface area contributed by atoms with Gasteiger partial charge in [0.1, 0.15) is 5.82 Å². The van der Waals surface area contributed by atoms with E-state index in [4.69, 9.17) is 0 Å². The summed E-state index contributed by atoms with van der Waals surface area (Å²) in [6.45, 7) is 0.245. The molecule has 0 aliphatic heterocycles. The monoisotopic (exact) mass is 361 g/mol. The smallest absolute Gasteiger partial charge is 0.253 e. The van der Waals surface area contributed by atoms with Crippen LogP contribution in [0.3, 0.4) is 0 Å². The third kappa shape index (κ3) is 3.62. The molecule has 0 fully saturated rings. The van der Waals surface area contributed by atoms with E-state index in [-0.39, 0.29) is 18.3 Å². The van der Waals surface area contributed by atoms with E-state index >= 15 is 0 Å². The van der Waals surface area contributed by atoms with Gasteiger partial charge in [-0.05, 0) is 48.5 Å². The predicted molar refractivity (Wildman–Crippen MR) is 100 cm³/mol. The first-order chi connectivity index (χ1) is 13.2. The summed E-state index contributed by atoms with van der Waals surface area (Å²) >= 11 is 0. The Balaban J connectivity index is 1.51. The van der Waals surface area contributed by atoms with Crippen molar-refractivity contribution in [1.82, 2.24) is 19.9 Å². The summed E-state index contributed by atoms with van der Waals surface area (Å²) in [5.74, 6) is 0.0860. The van der Waals surface area contributed by atoms with E-state index in [1.54, 1.807) is 30.3 Å². The first kappa shape index (κ1) is 16.7. The number of carbonyl (C=O) groups excluding carboxylic acids is 1. The molecular weight excluding hydrogens is 345 g/mol. The molecular formula is C20H16FN5O. The summed E-state index contributed by atoms with van der Waals surface area (Å²) in [6.07, 6.45) is 1.85. The van der Waals surface area contributed by atoms with Gasteiger partial charge < -0.3 is 10.6 Å². The molecule has 0 aliphatic rings. The van der Waals surface area contributed by atoms with Crippen LogP contribution in [0.1, 0.15) is 16.2 Å². The van der Waals surface area contributed by atoms with E-state index < -0.39 is 0 Å². The Kier molecular flexibility index (Phi) is 4.49. The van der Waals surface area contributed by atoms with Gasteiger partial charge in [0.15, 0.2) is 11.5 Å². The zero-order chi connectivity index (χ0) is 18.6. The molecule has 1 amide bonds. The molecule has 6 nitrogen and oxygen atoms in total. The van der Waals surface area contributed by atoms with Crippen molar-refractivity contribution < 1.29 is 9.18 Å². The number of carbonyl (C=O) groups is 1. The molecule has 0 unspecified atom stereocenters. The standard InChI is InChI=1S/C20H16FN5O/c21-14-8-10-15(11-9-14)23-17-6-2-1-5-16(17)20(27)22-13-19-25-24-18-7-3-4-12-26(18)19/h1-12,23H,13H2,(H,22,27). The van der Waals surface area contributed by atoms with Crippen molar-refractivity contribution in [3.05, 3.63) is 90.1 Å². The van der Waals surface area contributed by atoms with Crippen LogP contribution in [0.2, 0.25) is 0 Å². The number of anilines is 2. The van der Waals surface area contributed by atoms with Crippen LogP contribution >= 0.6 is 0 Å². The molecule has 27 heavy (non-hydrogen) atoms. The minimum absolute atomic E-state index is 0.243. The lowest BCUT2D eigenvalue weighted by Crippen LogP contribution is -2.24. The number of nitrogens with zero attached hydrogens (tertiary/aromatic N) is 3. The van der Waals surface area contributed by atoms with Crippen molar-refractivity contribution in [2.75, 3.05) is 5.32 Å². The van der Waals surface area contributed by atoms with Gasteiger partial charge in [0.25, 0.3) is 5.91 Å². The lowest BCUT2D eigenvalue weighted by molar-refractivity contribution is 0.0950. The lowest BCUT2D eigenvalue weighted by Gasteiger charge is -2.12. The zero-order valence-corrected chi connectivity index (χ0v) is 14.3. The molecule has 134 valence electrons. The van der Waals surface area contributed by atoms with Crippen LogP contribution in [0.5, 0.6) is 0 Å². The first-order valence-corrected chi connectivity index (χ1v) is 8.39. The minimum atomic E-state index is -0.313. The summed E-state index contributed by atoms with van der Waals surface area (Å²) in [7, 11) is 0. The van der Waals surface area contributed by atoms with Gasteiger partial charge in [0.2, 0.25) is 0 Å². The SMILES string of the molecule is O=C(NCc1nnc2ccccn12)c1ccccc1Nc1ccc(F)cc1. The Labute approximate surface area is 154 Å². The molecule has 2 N–H and O–H groups in total. The molecule has 7 heteroatoms. The van der Waals surface area contributed by atoms with Gasteiger partial charge in [0, 0.05) is 11.9 Å². The quantitative estimate of drug-likeness (QED) is 0.570. The number of nitrogens with one attached hydrogen (secondary N) is 2. The van der Waals surface area contributed by atoms with Gasteiger partial charge in [-0.3, -0.25) is 9.20 Å². The number of hydrogen-bond acceptors (Lipinski definition) is 4. The van der Waals surface area contributed by atoms with E-state index in [9.17, 15) is 9.18 Å². The normalized spacial score (nSPS) is 10.7. The molecule has 0 aliphatic carbocycles. The Morgan fingerprint density at radius 1 is 0.963 bits per heavy atom. The van der Waals surface area contributed by atoms with Crippen LogP contribution in [-0.4, -0.2) is 20.5 Å². The van der Waals surface area contributed by atoms with Gasteiger partial charge in [-0.1, -0.05) is 18.2 Å². The molecule has 2 heterocycles. The molecule has 4 rings (SSSR count). The maximum atomic E-state index is 13.1. The lowest BCUT2D eigenvalue weighted by atomic mass is 10.1. The molecule has 0 bridgehead atoms. The van der Waals surface area contributed by atoms with Crippen LogP contribution in [0, 0.1) is 5.82 Å². The first-order valence-electron chi connectivity index (χ1n) is 8.39. The molecule has 0 radical (unpaired) electrons. The highest BCUT2D eigenvalue weighted by atomic mass is 19.1. The number of hydrogen-bond donors (Lipinski definition) is 2. The third-order valence-corrected chi connectivity index (χ3v) is 4.09. The van der Waals surface area contributed by atoms with E-state index in [2.05, 4.69) is 20.8 Å². The predicted octanol–water partition coefficient (Wildman–Crippen LogP) is 3.54. The van der Waals surface area contributed by atoms with Crippen LogP contribution < -0.4 is 10.6 Å². The molecule has 0 atom stereocenters. The summed E-state index contributed by atoms with van der Waals surface area (Å²) < 4.78 is 14.9. The van der Waals surface area contributed by atoms with Crippen LogP contribution in [0.25, 0.3) is 5.65 Å². The van der Waals surface area contributed by atoms with E-state index in [0.29, 0.717) is 22.8 Å². The van der Waals surface area contributed by atoms with Gasteiger partial charge in [-0.15, -0.1) is 10.2 Å². The summed E-state index contributed by atoms with van der Waals surface area (Å²) in [6, 6.07) is 18.7. The number of halogens is 1. The molecule has 0 spiro atoms. The summed E-state index contributed by atoms with van der Waals surface area (Å²) in [5.41, 5.74) is 2.53. The second kappa shape index (κ2) is 7.25. The van der Waals surface area contributed by atoms with Crippen molar-refractivity contribution in [2.24, 2.45) is 0 Å². The molecule has 0 saturated heterocycles. The van der Waals surface area contributed by atoms with Gasteiger partial charge >= 0.3 is 0 Å². The molecule has 2 aromatic carbocycles. The van der Waals surface area contributed by atoms with Crippen molar-refractivity contribution in [3.63, 3.8) is 0 Å². The van der Waals surface area contributed by atoms with Crippen molar-refractivity contribution in [1.29, 1.82) is 0 Å². The number of benzene rings is 2. The largest absolute Gasteiger partial charge is 0.355 e. The highest BCUT2D eigenvalue weighted by Gasteiger charge is 2.13. The maximum Gasteiger partial charge on any atom is 0.253 e. The van der Waals surface area contributed by atoms with E-state index in [1.807, 2.05) is 34.9 Å².